The summed E-state index contributed by atoms with van der Waals surface area (Å²) in [6, 6.07) is 15.9. The van der Waals surface area contributed by atoms with Crippen LogP contribution in [0.15, 0.2) is 59.8 Å². The van der Waals surface area contributed by atoms with Crippen LogP contribution in [0.5, 0.6) is 0 Å². The highest BCUT2D eigenvalue weighted by atomic mass is 16.2. The minimum absolute atomic E-state index is 0.124. The number of aromatic nitrogens is 1. The van der Waals surface area contributed by atoms with Gasteiger partial charge < -0.3 is 4.98 Å². The lowest BCUT2D eigenvalue weighted by Crippen LogP contribution is -2.17. The summed E-state index contributed by atoms with van der Waals surface area (Å²) in [7, 11) is 0. The Morgan fingerprint density at radius 2 is 1.79 bits per heavy atom. The normalized spacial score (nSPS) is 12.0. The first-order chi connectivity index (χ1) is 11.4. The van der Waals surface area contributed by atoms with E-state index in [4.69, 9.17) is 0 Å². The van der Waals surface area contributed by atoms with E-state index < -0.39 is 0 Å². The number of para-hydroxylation sites is 1. The van der Waals surface area contributed by atoms with Gasteiger partial charge in [0.1, 0.15) is 0 Å². The molecule has 0 fully saturated rings. The Bertz CT molecular complexity index is 883. The van der Waals surface area contributed by atoms with E-state index in [2.05, 4.69) is 48.4 Å². The zero-order chi connectivity index (χ0) is 17.2. The molecule has 4 heteroatoms. The lowest BCUT2D eigenvalue weighted by molar-refractivity contribution is 0.0957. The van der Waals surface area contributed by atoms with Gasteiger partial charge in [0.05, 0.1) is 11.8 Å². The smallest absolute Gasteiger partial charge is 0.273 e. The third-order valence-electron chi connectivity index (χ3n) is 3.99. The summed E-state index contributed by atoms with van der Waals surface area (Å²) < 4.78 is 0. The van der Waals surface area contributed by atoms with Crippen LogP contribution in [0.1, 0.15) is 42.3 Å². The van der Waals surface area contributed by atoms with E-state index in [0.717, 1.165) is 16.5 Å². The number of aromatic amines is 1. The van der Waals surface area contributed by atoms with E-state index in [1.165, 1.54) is 5.56 Å². The Balaban J connectivity index is 1.69. The number of amides is 1. The van der Waals surface area contributed by atoms with Crippen LogP contribution in [0.3, 0.4) is 0 Å². The zero-order valence-corrected chi connectivity index (χ0v) is 14.1. The monoisotopic (exact) mass is 319 g/mol. The molecule has 0 spiro atoms. The third-order valence-corrected chi connectivity index (χ3v) is 3.99. The topological polar surface area (TPSA) is 57.2 Å². The standard InChI is InChI=1S/C20H21N3O/c1-20(2,3)15-10-8-14(9-11-15)12-22-23-19(24)17-13-21-18-7-5-4-6-16(17)18/h4-13,21H,1-3H3,(H,23,24)/b22-12+. The molecule has 0 saturated carbocycles. The first-order valence-corrected chi connectivity index (χ1v) is 7.95. The van der Waals surface area contributed by atoms with E-state index in [0.29, 0.717) is 5.56 Å². The van der Waals surface area contributed by atoms with Crippen LogP contribution in [0.4, 0.5) is 0 Å². The van der Waals surface area contributed by atoms with Crippen LogP contribution in [0.25, 0.3) is 10.9 Å². The molecule has 2 aromatic carbocycles. The molecular weight excluding hydrogens is 298 g/mol. The van der Waals surface area contributed by atoms with Crippen molar-refractivity contribution in [2.24, 2.45) is 5.10 Å². The Kier molecular flexibility index (Phi) is 4.21. The summed E-state index contributed by atoms with van der Waals surface area (Å²) in [5, 5.41) is 4.95. The average molecular weight is 319 g/mol. The molecule has 0 unspecified atom stereocenters. The third kappa shape index (κ3) is 3.38. The molecular formula is C20H21N3O. The SMILES string of the molecule is CC(C)(C)c1ccc(/C=N/NC(=O)c2c[nH]c3ccccc23)cc1. The number of benzene rings is 2. The molecule has 0 radical (unpaired) electrons. The molecule has 0 aliphatic carbocycles. The second-order valence-electron chi connectivity index (χ2n) is 6.82. The lowest BCUT2D eigenvalue weighted by Gasteiger charge is -2.18. The van der Waals surface area contributed by atoms with Crippen molar-refractivity contribution in [3.05, 3.63) is 71.4 Å². The summed E-state index contributed by atoms with van der Waals surface area (Å²) in [4.78, 5) is 15.3. The maximum absolute atomic E-state index is 12.3. The van der Waals surface area contributed by atoms with Gasteiger partial charge in [-0.2, -0.15) is 5.10 Å². The van der Waals surface area contributed by atoms with E-state index in [9.17, 15) is 4.79 Å². The van der Waals surface area contributed by atoms with Crippen molar-refractivity contribution in [1.82, 2.24) is 10.4 Å². The summed E-state index contributed by atoms with van der Waals surface area (Å²) in [5.41, 5.74) is 6.44. The first-order valence-electron chi connectivity index (χ1n) is 7.95. The molecule has 122 valence electrons. The molecule has 0 bridgehead atoms. The predicted molar refractivity (Wildman–Crippen MR) is 98.5 cm³/mol. The van der Waals surface area contributed by atoms with E-state index in [-0.39, 0.29) is 11.3 Å². The molecule has 1 amide bonds. The number of hydrogen-bond acceptors (Lipinski definition) is 2. The van der Waals surface area contributed by atoms with Crippen molar-refractivity contribution in [3.8, 4) is 0 Å². The number of hydrazone groups is 1. The fourth-order valence-electron chi connectivity index (χ4n) is 2.55. The summed E-state index contributed by atoms with van der Waals surface area (Å²) in [5.74, 6) is -0.227. The fraction of sp³-hybridized carbons (Fsp3) is 0.200. The van der Waals surface area contributed by atoms with Gasteiger partial charge in [-0.15, -0.1) is 0 Å². The van der Waals surface area contributed by atoms with Gasteiger partial charge in [-0.3, -0.25) is 4.79 Å². The maximum Gasteiger partial charge on any atom is 0.273 e. The number of carbonyl (C=O) groups excluding carboxylic acids is 1. The van der Waals surface area contributed by atoms with Gasteiger partial charge in [0.2, 0.25) is 0 Å². The van der Waals surface area contributed by atoms with Crippen LogP contribution >= 0.6 is 0 Å². The molecule has 4 nitrogen and oxygen atoms in total. The highest BCUT2D eigenvalue weighted by molar-refractivity contribution is 6.06. The average Bonchev–Trinajstić information content (AvgIpc) is 2.98. The Morgan fingerprint density at radius 3 is 2.50 bits per heavy atom. The minimum atomic E-state index is -0.227. The van der Waals surface area contributed by atoms with Crippen LogP contribution in [0, 0.1) is 0 Å². The quantitative estimate of drug-likeness (QED) is 0.551. The van der Waals surface area contributed by atoms with Gasteiger partial charge in [0.25, 0.3) is 5.91 Å². The van der Waals surface area contributed by atoms with Crippen molar-refractivity contribution in [2.45, 2.75) is 26.2 Å². The number of rotatable bonds is 3. The van der Waals surface area contributed by atoms with Crippen molar-refractivity contribution in [3.63, 3.8) is 0 Å². The molecule has 0 saturated heterocycles. The molecule has 1 heterocycles. The van der Waals surface area contributed by atoms with E-state index in [1.54, 1.807) is 12.4 Å². The van der Waals surface area contributed by atoms with Crippen molar-refractivity contribution in [1.29, 1.82) is 0 Å². The molecule has 3 aromatic rings. The summed E-state index contributed by atoms with van der Waals surface area (Å²) in [6.45, 7) is 6.53. The second-order valence-corrected chi connectivity index (χ2v) is 6.82. The molecule has 0 atom stereocenters. The highest BCUT2D eigenvalue weighted by Gasteiger charge is 2.13. The molecule has 3 rings (SSSR count). The minimum Gasteiger partial charge on any atom is -0.360 e. The fourth-order valence-corrected chi connectivity index (χ4v) is 2.55. The van der Waals surface area contributed by atoms with E-state index >= 15 is 0 Å². The molecule has 2 N–H and O–H groups in total. The maximum atomic E-state index is 12.3. The number of nitrogens with one attached hydrogen (secondary N) is 2. The summed E-state index contributed by atoms with van der Waals surface area (Å²) >= 11 is 0. The zero-order valence-electron chi connectivity index (χ0n) is 14.1. The van der Waals surface area contributed by atoms with Gasteiger partial charge in [-0.1, -0.05) is 63.2 Å². The predicted octanol–water partition coefficient (Wildman–Crippen LogP) is 4.23. The number of nitrogens with zero attached hydrogens (tertiary/aromatic N) is 1. The van der Waals surface area contributed by atoms with Crippen LogP contribution in [0.2, 0.25) is 0 Å². The van der Waals surface area contributed by atoms with Gasteiger partial charge >= 0.3 is 0 Å². The van der Waals surface area contributed by atoms with Crippen LogP contribution in [-0.4, -0.2) is 17.1 Å². The molecule has 0 aliphatic rings. The van der Waals surface area contributed by atoms with Gasteiger partial charge in [-0.05, 0) is 22.6 Å². The number of carbonyl (C=O) groups is 1. The van der Waals surface area contributed by atoms with Gasteiger partial charge in [0.15, 0.2) is 0 Å². The Hall–Kier alpha value is -2.88. The molecule has 24 heavy (non-hydrogen) atoms. The highest BCUT2D eigenvalue weighted by Crippen LogP contribution is 2.21. The van der Waals surface area contributed by atoms with Crippen molar-refractivity contribution >= 4 is 23.0 Å². The molecule has 0 aliphatic heterocycles. The van der Waals surface area contributed by atoms with Crippen LogP contribution < -0.4 is 5.43 Å². The second kappa shape index (κ2) is 6.32. The summed E-state index contributed by atoms with van der Waals surface area (Å²) in [6.07, 6.45) is 3.35. The van der Waals surface area contributed by atoms with Crippen molar-refractivity contribution in [2.75, 3.05) is 0 Å². The number of fused-ring (bicyclic) bond motifs is 1. The largest absolute Gasteiger partial charge is 0.360 e. The molecule has 1 aromatic heterocycles. The Morgan fingerprint density at radius 1 is 1.08 bits per heavy atom. The first kappa shape index (κ1) is 16.0. The lowest BCUT2D eigenvalue weighted by atomic mass is 9.87. The number of H-pyrrole nitrogens is 1. The van der Waals surface area contributed by atoms with Crippen LogP contribution in [-0.2, 0) is 5.41 Å². The van der Waals surface area contributed by atoms with Gasteiger partial charge in [-0.25, -0.2) is 5.43 Å². The Labute approximate surface area is 141 Å². The van der Waals surface area contributed by atoms with E-state index in [1.807, 2.05) is 36.4 Å². The van der Waals surface area contributed by atoms with Gasteiger partial charge in [0, 0.05) is 17.1 Å². The van der Waals surface area contributed by atoms with Crippen molar-refractivity contribution < 1.29 is 4.79 Å². The number of hydrogen-bond donors (Lipinski definition) is 2.